The van der Waals surface area contributed by atoms with Crippen LogP contribution in [-0.2, 0) is 34.1 Å². The number of rotatable bonds is 7. The first kappa shape index (κ1) is 23.0. The van der Waals surface area contributed by atoms with Crippen LogP contribution in [0.3, 0.4) is 0 Å². The van der Waals surface area contributed by atoms with Gasteiger partial charge in [-0.1, -0.05) is 12.1 Å². The number of H-pyrrole nitrogens is 1. The van der Waals surface area contributed by atoms with Crippen LogP contribution >= 0.6 is 0 Å². The lowest BCUT2D eigenvalue weighted by atomic mass is 9.90. The molecule has 1 atom stereocenters. The van der Waals surface area contributed by atoms with Gasteiger partial charge in [-0.3, -0.25) is 4.79 Å². The molecule has 1 aliphatic carbocycles. The van der Waals surface area contributed by atoms with Crippen LogP contribution in [0.5, 0.6) is 0 Å². The highest BCUT2D eigenvalue weighted by molar-refractivity contribution is 7.89. The SMILES string of the molecule is Cc1ccc(-c2n[nH]c(=O)c3c2CCCC3)cc1S(=O)(=O)N(Cc1ccco1)CC1CCCO1. The van der Waals surface area contributed by atoms with Gasteiger partial charge in [-0.25, -0.2) is 13.5 Å². The minimum atomic E-state index is -3.86. The van der Waals surface area contributed by atoms with Crippen LogP contribution in [-0.4, -0.2) is 42.2 Å². The van der Waals surface area contributed by atoms with E-state index in [-0.39, 0.29) is 29.6 Å². The van der Waals surface area contributed by atoms with Crippen molar-refractivity contribution in [3.05, 3.63) is 69.4 Å². The van der Waals surface area contributed by atoms with Gasteiger partial charge in [0.1, 0.15) is 5.76 Å². The van der Waals surface area contributed by atoms with Crippen LogP contribution in [0.4, 0.5) is 0 Å². The summed E-state index contributed by atoms with van der Waals surface area (Å²) in [7, 11) is -3.86. The number of benzene rings is 1. The lowest BCUT2D eigenvalue weighted by Gasteiger charge is -2.25. The summed E-state index contributed by atoms with van der Waals surface area (Å²) in [5.41, 5.74) is 3.53. The second kappa shape index (κ2) is 9.48. The number of furan rings is 1. The van der Waals surface area contributed by atoms with E-state index in [0.717, 1.165) is 49.7 Å². The van der Waals surface area contributed by atoms with Crippen LogP contribution in [0.1, 0.15) is 48.1 Å². The summed E-state index contributed by atoms with van der Waals surface area (Å²) in [6.45, 7) is 2.84. The quantitative estimate of drug-likeness (QED) is 0.551. The van der Waals surface area contributed by atoms with Crippen LogP contribution in [0, 0.1) is 6.92 Å². The van der Waals surface area contributed by atoms with Crippen molar-refractivity contribution in [2.75, 3.05) is 13.2 Å². The number of aryl methyl sites for hydroxylation is 1. The Hall–Kier alpha value is -2.75. The van der Waals surface area contributed by atoms with Crippen molar-refractivity contribution in [3.63, 3.8) is 0 Å². The van der Waals surface area contributed by atoms with E-state index in [1.807, 2.05) is 6.07 Å². The molecule has 0 bridgehead atoms. The molecule has 0 saturated carbocycles. The normalized spacial score (nSPS) is 18.4. The van der Waals surface area contributed by atoms with E-state index in [1.54, 1.807) is 37.5 Å². The molecule has 0 amide bonds. The number of nitrogens with zero attached hydrogens (tertiary/aromatic N) is 2. The largest absolute Gasteiger partial charge is 0.468 e. The number of hydrogen-bond donors (Lipinski definition) is 1. The third kappa shape index (κ3) is 4.47. The van der Waals surface area contributed by atoms with E-state index in [1.165, 1.54) is 4.31 Å². The highest BCUT2D eigenvalue weighted by Gasteiger charge is 2.31. The molecule has 0 radical (unpaired) electrons. The Morgan fingerprint density at radius 2 is 1.97 bits per heavy atom. The Morgan fingerprint density at radius 3 is 2.71 bits per heavy atom. The highest BCUT2D eigenvalue weighted by atomic mass is 32.2. The van der Waals surface area contributed by atoms with Crippen molar-refractivity contribution in [2.24, 2.45) is 0 Å². The Labute approximate surface area is 199 Å². The zero-order chi connectivity index (χ0) is 23.7. The van der Waals surface area contributed by atoms with Gasteiger partial charge in [0.15, 0.2) is 0 Å². The first-order valence-electron chi connectivity index (χ1n) is 11.8. The second-order valence-electron chi connectivity index (χ2n) is 9.06. The van der Waals surface area contributed by atoms with E-state index < -0.39 is 10.0 Å². The molecule has 1 unspecified atom stereocenters. The second-order valence-corrected chi connectivity index (χ2v) is 11.0. The lowest BCUT2D eigenvalue weighted by Crippen LogP contribution is -2.37. The summed E-state index contributed by atoms with van der Waals surface area (Å²) in [4.78, 5) is 12.5. The maximum absolute atomic E-state index is 13.9. The van der Waals surface area contributed by atoms with E-state index in [0.29, 0.717) is 29.2 Å². The molecule has 2 aliphatic rings. The highest BCUT2D eigenvalue weighted by Crippen LogP contribution is 2.32. The van der Waals surface area contributed by atoms with Gasteiger partial charge in [0, 0.05) is 24.3 Å². The molecule has 3 heterocycles. The van der Waals surface area contributed by atoms with Gasteiger partial charge in [-0.15, -0.1) is 0 Å². The standard InChI is InChI=1S/C25H29N3O5S/c1-17-10-11-18(24-21-8-2-3-9-22(21)25(29)27-26-24)14-23(17)34(30,31)28(15-19-6-4-12-32-19)16-20-7-5-13-33-20/h4,6,10-12,14,20H,2-3,5,7-9,13,15-16H2,1H3,(H,27,29). The van der Waals surface area contributed by atoms with Crippen molar-refractivity contribution in [2.45, 2.75) is 63.0 Å². The maximum Gasteiger partial charge on any atom is 0.267 e. The fourth-order valence-electron chi connectivity index (χ4n) is 4.90. The zero-order valence-electron chi connectivity index (χ0n) is 19.2. The summed E-state index contributed by atoms with van der Waals surface area (Å²) < 4.78 is 40.6. The van der Waals surface area contributed by atoms with Gasteiger partial charge in [-0.05, 0) is 74.8 Å². The number of aromatic amines is 1. The smallest absolute Gasteiger partial charge is 0.267 e. The van der Waals surface area contributed by atoms with Crippen molar-refractivity contribution in [1.29, 1.82) is 0 Å². The monoisotopic (exact) mass is 483 g/mol. The number of hydrogen-bond acceptors (Lipinski definition) is 6. The molecule has 5 rings (SSSR count). The molecular weight excluding hydrogens is 454 g/mol. The van der Waals surface area contributed by atoms with Gasteiger partial charge >= 0.3 is 0 Å². The zero-order valence-corrected chi connectivity index (χ0v) is 20.1. The minimum absolute atomic E-state index is 0.130. The third-order valence-corrected chi connectivity index (χ3v) is 8.67. The predicted octanol–water partition coefficient (Wildman–Crippen LogP) is 3.59. The maximum atomic E-state index is 13.9. The lowest BCUT2D eigenvalue weighted by molar-refractivity contribution is 0.0914. The molecule has 34 heavy (non-hydrogen) atoms. The number of nitrogens with one attached hydrogen (secondary N) is 1. The Morgan fingerprint density at radius 1 is 1.15 bits per heavy atom. The summed E-state index contributed by atoms with van der Waals surface area (Å²) in [6, 6.07) is 8.90. The van der Waals surface area contributed by atoms with Gasteiger partial charge in [-0.2, -0.15) is 9.40 Å². The molecule has 2 aromatic heterocycles. The Kier molecular flexibility index (Phi) is 6.42. The van der Waals surface area contributed by atoms with Crippen LogP contribution in [0.15, 0.2) is 50.7 Å². The molecule has 1 saturated heterocycles. The van der Waals surface area contributed by atoms with Gasteiger partial charge in [0.25, 0.3) is 5.56 Å². The number of ether oxygens (including phenoxy) is 1. The van der Waals surface area contributed by atoms with Crippen molar-refractivity contribution < 1.29 is 17.6 Å². The summed E-state index contributed by atoms with van der Waals surface area (Å²) in [5, 5.41) is 6.93. The first-order valence-corrected chi connectivity index (χ1v) is 13.2. The molecule has 1 aromatic carbocycles. The number of aromatic nitrogens is 2. The van der Waals surface area contributed by atoms with Gasteiger partial charge in [0.2, 0.25) is 10.0 Å². The molecule has 1 N–H and O–H groups in total. The summed E-state index contributed by atoms with van der Waals surface area (Å²) in [6.07, 6.45) is 6.60. The third-order valence-electron chi connectivity index (χ3n) is 6.72. The first-order chi connectivity index (χ1) is 16.4. The van der Waals surface area contributed by atoms with Crippen LogP contribution < -0.4 is 5.56 Å². The summed E-state index contributed by atoms with van der Waals surface area (Å²) in [5.74, 6) is 0.576. The fourth-order valence-corrected chi connectivity index (χ4v) is 6.59. The predicted molar refractivity (Wildman–Crippen MR) is 127 cm³/mol. The molecule has 0 spiro atoms. The average molecular weight is 484 g/mol. The van der Waals surface area contributed by atoms with E-state index in [2.05, 4.69) is 10.2 Å². The number of sulfonamides is 1. The molecular formula is C25H29N3O5S. The van der Waals surface area contributed by atoms with Gasteiger partial charge in [0.05, 0.1) is 29.5 Å². The van der Waals surface area contributed by atoms with E-state index in [9.17, 15) is 13.2 Å². The van der Waals surface area contributed by atoms with Crippen molar-refractivity contribution >= 4 is 10.0 Å². The van der Waals surface area contributed by atoms with E-state index in [4.69, 9.17) is 9.15 Å². The molecule has 9 heteroatoms. The fraction of sp³-hybridized carbons (Fsp3) is 0.440. The molecule has 3 aromatic rings. The van der Waals surface area contributed by atoms with Gasteiger partial charge < -0.3 is 9.15 Å². The molecule has 8 nitrogen and oxygen atoms in total. The van der Waals surface area contributed by atoms with Crippen LogP contribution in [0.2, 0.25) is 0 Å². The van der Waals surface area contributed by atoms with Crippen molar-refractivity contribution in [1.82, 2.24) is 14.5 Å². The Balaban J connectivity index is 1.55. The van der Waals surface area contributed by atoms with Crippen LogP contribution in [0.25, 0.3) is 11.3 Å². The van der Waals surface area contributed by atoms with E-state index >= 15 is 0 Å². The minimum Gasteiger partial charge on any atom is -0.468 e. The molecule has 180 valence electrons. The topological polar surface area (TPSA) is 106 Å². The summed E-state index contributed by atoms with van der Waals surface area (Å²) >= 11 is 0. The van der Waals surface area contributed by atoms with Crippen molar-refractivity contribution in [3.8, 4) is 11.3 Å². The average Bonchev–Trinajstić information content (AvgIpc) is 3.54. The Bertz CT molecular complexity index is 1330. The number of fused-ring (bicyclic) bond motifs is 1. The molecule has 1 aliphatic heterocycles. The molecule has 1 fully saturated rings.